The number of hydrogen-bond acceptors (Lipinski definition) is 5. The lowest BCUT2D eigenvalue weighted by Crippen LogP contribution is -2.37. The van der Waals surface area contributed by atoms with Crippen LogP contribution in [0.4, 0.5) is 5.69 Å². The molecule has 1 fully saturated rings. The molecular formula is C14H23N5O. The van der Waals surface area contributed by atoms with Crippen LogP contribution in [0.25, 0.3) is 0 Å². The van der Waals surface area contributed by atoms with Gasteiger partial charge in [0.05, 0.1) is 11.3 Å². The topological polar surface area (TPSA) is 83.3 Å². The molecule has 0 aromatic carbocycles. The van der Waals surface area contributed by atoms with Gasteiger partial charge in [-0.3, -0.25) is 15.6 Å². The van der Waals surface area contributed by atoms with Crippen molar-refractivity contribution >= 4 is 11.6 Å². The Hall–Kier alpha value is -1.66. The van der Waals surface area contributed by atoms with Gasteiger partial charge in [0.1, 0.15) is 0 Å². The summed E-state index contributed by atoms with van der Waals surface area (Å²) in [5.74, 6) is 5.89. The van der Waals surface area contributed by atoms with Crippen molar-refractivity contribution < 1.29 is 4.79 Å². The number of carbonyl (C=O) groups is 1. The maximum atomic E-state index is 12.2. The number of pyridine rings is 1. The van der Waals surface area contributed by atoms with Crippen LogP contribution < -0.4 is 16.6 Å². The molecule has 0 saturated carbocycles. The van der Waals surface area contributed by atoms with E-state index in [-0.39, 0.29) is 5.91 Å². The summed E-state index contributed by atoms with van der Waals surface area (Å²) in [7, 11) is 2.13. The summed E-state index contributed by atoms with van der Waals surface area (Å²) in [6.45, 7) is 4.77. The van der Waals surface area contributed by atoms with E-state index in [1.807, 2.05) is 6.92 Å². The maximum Gasteiger partial charge on any atom is 0.255 e. The zero-order chi connectivity index (χ0) is 14.5. The van der Waals surface area contributed by atoms with Crippen LogP contribution in [0, 0.1) is 12.8 Å². The van der Waals surface area contributed by atoms with Crippen molar-refractivity contribution in [3.05, 3.63) is 23.5 Å². The lowest BCUT2D eigenvalue weighted by molar-refractivity contribution is 0.0939. The fraction of sp³-hybridized carbons (Fsp3) is 0.571. The molecule has 0 spiro atoms. The highest BCUT2D eigenvalue weighted by atomic mass is 16.1. The molecule has 1 saturated heterocycles. The third kappa shape index (κ3) is 3.68. The predicted molar refractivity (Wildman–Crippen MR) is 79.3 cm³/mol. The van der Waals surface area contributed by atoms with Gasteiger partial charge < -0.3 is 15.6 Å². The summed E-state index contributed by atoms with van der Waals surface area (Å²) in [5.41, 5.74) is 4.48. The second-order valence-corrected chi connectivity index (χ2v) is 5.47. The minimum Gasteiger partial charge on any atom is -0.352 e. The van der Waals surface area contributed by atoms with Crippen molar-refractivity contribution in [3.63, 3.8) is 0 Å². The van der Waals surface area contributed by atoms with Gasteiger partial charge in [0.2, 0.25) is 0 Å². The number of aromatic nitrogens is 1. The SMILES string of the molecule is Cc1cc(NN)c(C(=O)NCC2CCN(C)CC2)cn1. The Labute approximate surface area is 119 Å². The fourth-order valence-corrected chi connectivity index (χ4v) is 2.46. The van der Waals surface area contributed by atoms with E-state index < -0.39 is 0 Å². The Balaban J connectivity index is 1.92. The highest BCUT2D eigenvalue weighted by molar-refractivity contribution is 5.99. The first-order chi connectivity index (χ1) is 9.60. The number of hydrogen-bond donors (Lipinski definition) is 3. The third-order valence-electron chi connectivity index (χ3n) is 3.83. The molecular weight excluding hydrogens is 254 g/mol. The van der Waals surface area contributed by atoms with Crippen LogP contribution in [0.15, 0.2) is 12.3 Å². The summed E-state index contributed by atoms with van der Waals surface area (Å²) in [6, 6.07) is 1.77. The molecule has 2 heterocycles. The van der Waals surface area contributed by atoms with Crippen LogP contribution in [0.3, 0.4) is 0 Å². The monoisotopic (exact) mass is 277 g/mol. The van der Waals surface area contributed by atoms with Gasteiger partial charge in [-0.15, -0.1) is 0 Å². The first-order valence-electron chi connectivity index (χ1n) is 7.00. The second kappa shape index (κ2) is 6.67. The molecule has 0 radical (unpaired) electrons. The summed E-state index contributed by atoms with van der Waals surface area (Å²) < 4.78 is 0. The lowest BCUT2D eigenvalue weighted by Gasteiger charge is -2.29. The maximum absolute atomic E-state index is 12.2. The number of hydrazine groups is 1. The molecule has 0 atom stereocenters. The molecule has 1 aromatic heterocycles. The number of nitrogen functional groups attached to an aromatic ring is 1. The lowest BCUT2D eigenvalue weighted by atomic mass is 9.97. The van der Waals surface area contributed by atoms with Crippen molar-refractivity contribution in [1.29, 1.82) is 0 Å². The molecule has 1 aliphatic heterocycles. The van der Waals surface area contributed by atoms with Crippen LogP contribution in [-0.2, 0) is 0 Å². The van der Waals surface area contributed by atoms with E-state index in [2.05, 4.69) is 27.7 Å². The smallest absolute Gasteiger partial charge is 0.255 e. The first kappa shape index (κ1) is 14.7. The number of nitrogens with zero attached hydrogens (tertiary/aromatic N) is 2. The fourth-order valence-electron chi connectivity index (χ4n) is 2.46. The van der Waals surface area contributed by atoms with Crippen LogP contribution in [-0.4, -0.2) is 42.5 Å². The van der Waals surface area contributed by atoms with Crippen molar-refractivity contribution in [1.82, 2.24) is 15.2 Å². The average molecular weight is 277 g/mol. The molecule has 0 aliphatic carbocycles. The number of piperidine rings is 1. The predicted octanol–water partition coefficient (Wildman–Crippen LogP) is 0.747. The molecule has 20 heavy (non-hydrogen) atoms. The molecule has 4 N–H and O–H groups in total. The molecule has 6 nitrogen and oxygen atoms in total. The summed E-state index contributed by atoms with van der Waals surface area (Å²) >= 11 is 0. The van der Waals surface area contributed by atoms with E-state index >= 15 is 0 Å². The van der Waals surface area contributed by atoms with Crippen LogP contribution in [0.5, 0.6) is 0 Å². The summed E-state index contributed by atoms with van der Waals surface area (Å²) in [4.78, 5) is 18.7. The number of nitrogens with two attached hydrogens (primary N) is 1. The van der Waals surface area contributed by atoms with Gasteiger partial charge >= 0.3 is 0 Å². The van der Waals surface area contributed by atoms with Gasteiger partial charge in [0, 0.05) is 18.4 Å². The van der Waals surface area contributed by atoms with Crippen LogP contribution in [0.1, 0.15) is 28.9 Å². The van der Waals surface area contributed by atoms with Gasteiger partial charge in [0.15, 0.2) is 0 Å². The van der Waals surface area contributed by atoms with Crippen molar-refractivity contribution in [2.75, 3.05) is 32.1 Å². The summed E-state index contributed by atoms with van der Waals surface area (Å²) in [6.07, 6.45) is 3.82. The molecule has 110 valence electrons. The van der Waals surface area contributed by atoms with Crippen LogP contribution in [0.2, 0.25) is 0 Å². The zero-order valence-electron chi connectivity index (χ0n) is 12.1. The number of aryl methyl sites for hydroxylation is 1. The molecule has 1 aliphatic rings. The molecule has 2 rings (SSSR count). The van der Waals surface area contributed by atoms with E-state index in [1.165, 1.54) is 0 Å². The third-order valence-corrected chi connectivity index (χ3v) is 3.83. The van der Waals surface area contributed by atoms with Gasteiger partial charge in [0.25, 0.3) is 5.91 Å². The quantitative estimate of drug-likeness (QED) is 0.559. The molecule has 0 bridgehead atoms. The van der Waals surface area contributed by atoms with Gasteiger partial charge in [-0.2, -0.15) is 0 Å². The van der Waals surface area contributed by atoms with E-state index in [9.17, 15) is 4.79 Å². The Morgan fingerprint density at radius 3 is 2.85 bits per heavy atom. The van der Waals surface area contributed by atoms with E-state index in [1.54, 1.807) is 12.3 Å². The summed E-state index contributed by atoms with van der Waals surface area (Å²) in [5, 5.41) is 2.98. The Bertz CT molecular complexity index is 469. The molecule has 0 unspecified atom stereocenters. The Kier molecular flexibility index (Phi) is 4.92. The molecule has 1 aromatic rings. The van der Waals surface area contributed by atoms with Gasteiger partial charge in [-0.25, -0.2) is 0 Å². The van der Waals surface area contributed by atoms with E-state index in [0.717, 1.165) is 31.6 Å². The normalized spacial score (nSPS) is 16.9. The second-order valence-electron chi connectivity index (χ2n) is 5.47. The van der Waals surface area contributed by atoms with Crippen molar-refractivity contribution in [2.24, 2.45) is 11.8 Å². The highest BCUT2D eigenvalue weighted by Gasteiger charge is 2.18. The zero-order valence-corrected chi connectivity index (χ0v) is 12.1. The number of likely N-dealkylation sites (tertiary alicyclic amines) is 1. The van der Waals surface area contributed by atoms with E-state index in [0.29, 0.717) is 23.7 Å². The van der Waals surface area contributed by atoms with Crippen molar-refractivity contribution in [3.8, 4) is 0 Å². The van der Waals surface area contributed by atoms with Crippen LogP contribution >= 0.6 is 0 Å². The minimum absolute atomic E-state index is 0.121. The number of anilines is 1. The number of carbonyl (C=O) groups excluding carboxylic acids is 1. The largest absolute Gasteiger partial charge is 0.352 e. The number of amides is 1. The number of nitrogens with one attached hydrogen (secondary N) is 2. The highest BCUT2D eigenvalue weighted by Crippen LogP contribution is 2.17. The standard InChI is InChI=1S/C14H23N5O/c1-10-7-13(18-15)12(9-16-10)14(20)17-8-11-3-5-19(2)6-4-11/h7,9,11H,3-6,8,15H2,1-2H3,(H,16,18)(H,17,20). The minimum atomic E-state index is -0.121. The van der Waals surface area contributed by atoms with Gasteiger partial charge in [-0.1, -0.05) is 0 Å². The average Bonchev–Trinajstić information content (AvgIpc) is 2.46. The first-order valence-corrected chi connectivity index (χ1v) is 7.00. The Morgan fingerprint density at radius 2 is 2.20 bits per heavy atom. The van der Waals surface area contributed by atoms with Gasteiger partial charge in [-0.05, 0) is 51.9 Å². The number of rotatable bonds is 4. The Morgan fingerprint density at radius 1 is 1.50 bits per heavy atom. The van der Waals surface area contributed by atoms with E-state index in [4.69, 9.17) is 5.84 Å². The van der Waals surface area contributed by atoms with Crippen molar-refractivity contribution in [2.45, 2.75) is 19.8 Å². The molecule has 6 heteroatoms. The molecule has 1 amide bonds.